The minimum Gasteiger partial charge on any atom is -0.358 e. The van der Waals surface area contributed by atoms with Gasteiger partial charge in [-0.25, -0.2) is 0 Å². The number of rotatable bonds is 6. The van der Waals surface area contributed by atoms with Gasteiger partial charge in [0.2, 0.25) is 5.91 Å². The summed E-state index contributed by atoms with van der Waals surface area (Å²) in [5.41, 5.74) is 0.336. The molecular weight excluding hydrogens is 202 g/mol. The van der Waals surface area contributed by atoms with Crippen molar-refractivity contribution in [3.05, 3.63) is 0 Å². The molecular formula is C12H25N3O. The van der Waals surface area contributed by atoms with E-state index in [9.17, 15) is 4.79 Å². The van der Waals surface area contributed by atoms with E-state index in [2.05, 4.69) is 29.4 Å². The number of carbonyl (C=O) groups is 1. The molecule has 94 valence electrons. The Morgan fingerprint density at radius 2 is 2.31 bits per heavy atom. The SMILES string of the molecule is CCCN(CC(=O)NC)CC1(C)CCNC1. The summed E-state index contributed by atoms with van der Waals surface area (Å²) in [5, 5.41) is 6.10. The van der Waals surface area contributed by atoms with Crippen LogP contribution in [0.3, 0.4) is 0 Å². The second kappa shape index (κ2) is 6.21. The first-order chi connectivity index (χ1) is 7.59. The maximum atomic E-state index is 11.4. The zero-order chi connectivity index (χ0) is 12.0. The molecule has 1 rings (SSSR count). The van der Waals surface area contributed by atoms with Crippen molar-refractivity contribution in [1.29, 1.82) is 0 Å². The minimum absolute atomic E-state index is 0.114. The summed E-state index contributed by atoms with van der Waals surface area (Å²) in [6, 6.07) is 0. The number of nitrogens with one attached hydrogen (secondary N) is 2. The van der Waals surface area contributed by atoms with Gasteiger partial charge in [-0.2, -0.15) is 0 Å². The highest BCUT2D eigenvalue weighted by atomic mass is 16.1. The first-order valence-electron chi connectivity index (χ1n) is 6.23. The van der Waals surface area contributed by atoms with Crippen LogP contribution in [0.4, 0.5) is 0 Å². The Bertz CT molecular complexity index is 224. The number of hydrogen-bond acceptors (Lipinski definition) is 3. The fourth-order valence-corrected chi connectivity index (χ4v) is 2.36. The fraction of sp³-hybridized carbons (Fsp3) is 0.917. The molecule has 0 spiro atoms. The van der Waals surface area contributed by atoms with Crippen molar-refractivity contribution >= 4 is 5.91 Å². The third-order valence-electron chi connectivity index (χ3n) is 3.25. The zero-order valence-electron chi connectivity index (χ0n) is 10.8. The second-order valence-electron chi connectivity index (χ2n) is 5.12. The Labute approximate surface area is 98.8 Å². The van der Waals surface area contributed by atoms with Gasteiger partial charge in [0.25, 0.3) is 0 Å². The van der Waals surface area contributed by atoms with Crippen molar-refractivity contribution in [2.24, 2.45) is 5.41 Å². The maximum absolute atomic E-state index is 11.4. The minimum atomic E-state index is 0.114. The smallest absolute Gasteiger partial charge is 0.233 e. The Hall–Kier alpha value is -0.610. The summed E-state index contributed by atoms with van der Waals surface area (Å²) >= 11 is 0. The molecule has 0 aromatic heterocycles. The standard InChI is InChI=1S/C12H25N3O/c1-4-7-15(8-11(16)13-3)10-12(2)5-6-14-9-12/h14H,4-10H2,1-3H3,(H,13,16). The molecule has 1 fully saturated rings. The van der Waals surface area contributed by atoms with Crippen LogP contribution in [0.1, 0.15) is 26.7 Å². The van der Waals surface area contributed by atoms with Gasteiger partial charge in [0.15, 0.2) is 0 Å². The highest BCUT2D eigenvalue weighted by Gasteiger charge is 2.30. The predicted molar refractivity (Wildman–Crippen MR) is 66.4 cm³/mol. The van der Waals surface area contributed by atoms with Gasteiger partial charge >= 0.3 is 0 Å². The molecule has 1 aliphatic heterocycles. The molecule has 0 saturated carbocycles. The summed E-state index contributed by atoms with van der Waals surface area (Å²) in [4.78, 5) is 13.7. The first-order valence-corrected chi connectivity index (χ1v) is 6.23. The molecule has 1 unspecified atom stereocenters. The predicted octanol–water partition coefficient (Wildman–Crippen LogP) is 0.444. The quantitative estimate of drug-likeness (QED) is 0.692. The van der Waals surface area contributed by atoms with Crippen molar-refractivity contribution in [3.8, 4) is 0 Å². The van der Waals surface area contributed by atoms with Gasteiger partial charge in [-0.15, -0.1) is 0 Å². The highest BCUT2D eigenvalue weighted by Crippen LogP contribution is 2.25. The van der Waals surface area contributed by atoms with Gasteiger partial charge in [0.05, 0.1) is 6.54 Å². The topological polar surface area (TPSA) is 44.4 Å². The lowest BCUT2D eigenvalue weighted by Crippen LogP contribution is -2.42. The van der Waals surface area contributed by atoms with Crippen molar-refractivity contribution in [3.63, 3.8) is 0 Å². The molecule has 2 N–H and O–H groups in total. The van der Waals surface area contributed by atoms with E-state index in [0.29, 0.717) is 12.0 Å². The average molecular weight is 227 g/mol. The summed E-state index contributed by atoms with van der Waals surface area (Å²) in [5.74, 6) is 0.114. The van der Waals surface area contributed by atoms with Crippen molar-refractivity contribution < 1.29 is 4.79 Å². The lowest BCUT2D eigenvalue weighted by molar-refractivity contribution is -0.122. The van der Waals surface area contributed by atoms with E-state index in [-0.39, 0.29) is 5.91 Å². The summed E-state index contributed by atoms with van der Waals surface area (Å²) in [7, 11) is 1.70. The third kappa shape index (κ3) is 4.10. The Balaban J connectivity index is 2.46. The monoisotopic (exact) mass is 227 g/mol. The van der Waals surface area contributed by atoms with Gasteiger partial charge in [-0.1, -0.05) is 13.8 Å². The molecule has 0 radical (unpaired) electrons. The fourth-order valence-electron chi connectivity index (χ4n) is 2.36. The maximum Gasteiger partial charge on any atom is 0.233 e. The van der Waals surface area contributed by atoms with Crippen LogP contribution in [-0.2, 0) is 4.79 Å². The zero-order valence-corrected chi connectivity index (χ0v) is 10.8. The van der Waals surface area contributed by atoms with Crippen LogP contribution >= 0.6 is 0 Å². The van der Waals surface area contributed by atoms with Crippen molar-refractivity contribution in [1.82, 2.24) is 15.5 Å². The van der Waals surface area contributed by atoms with E-state index in [1.54, 1.807) is 7.05 Å². The van der Waals surface area contributed by atoms with Crippen LogP contribution in [0.5, 0.6) is 0 Å². The van der Waals surface area contributed by atoms with Crippen LogP contribution in [0.25, 0.3) is 0 Å². The van der Waals surface area contributed by atoms with Crippen molar-refractivity contribution in [2.75, 3.05) is 39.8 Å². The molecule has 4 heteroatoms. The van der Waals surface area contributed by atoms with Crippen molar-refractivity contribution in [2.45, 2.75) is 26.7 Å². The molecule has 0 aromatic carbocycles. The molecule has 4 nitrogen and oxygen atoms in total. The lowest BCUT2D eigenvalue weighted by Gasteiger charge is -2.31. The molecule has 0 aromatic rings. The molecule has 0 aliphatic carbocycles. The second-order valence-corrected chi connectivity index (χ2v) is 5.12. The molecule has 1 heterocycles. The molecule has 1 atom stereocenters. The third-order valence-corrected chi connectivity index (χ3v) is 3.25. The van der Waals surface area contributed by atoms with E-state index in [1.165, 1.54) is 6.42 Å². The number of nitrogens with zero attached hydrogens (tertiary/aromatic N) is 1. The molecule has 1 aliphatic rings. The highest BCUT2D eigenvalue weighted by molar-refractivity contribution is 5.77. The van der Waals surface area contributed by atoms with Gasteiger partial charge in [-0.3, -0.25) is 9.69 Å². The Morgan fingerprint density at radius 3 is 2.81 bits per heavy atom. The van der Waals surface area contributed by atoms with Gasteiger partial charge < -0.3 is 10.6 Å². The van der Waals surface area contributed by atoms with Gasteiger partial charge in [-0.05, 0) is 31.3 Å². The average Bonchev–Trinajstić information content (AvgIpc) is 2.65. The number of likely N-dealkylation sites (N-methyl/N-ethyl adjacent to an activating group) is 1. The van der Waals surface area contributed by atoms with Crippen LogP contribution in [0.15, 0.2) is 0 Å². The number of amides is 1. The van der Waals surface area contributed by atoms with Crippen LogP contribution in [-0.4, -0.2) is 50.6 Å². The molecule has 16 heavy (non-hydrogen) atoms. The molecule has 0 bridgehead atoms. The summed E-state index contributed by atoms with van der Waals surface area (Å²) in [6.07, 6.45) is 2.31. The summed E-state index contributed by atoms with van der Waals surface area (Å²) < 4.78 is 0. The largest absolute Gasteiger partial charge is 0.358 e. The summed E-state index contributed by atoms with van der Waals surface area (Å²) in [6.45, 7) is 9.19. The first kappa shape index (κ1) is 13.5. The lowest BCUT2D eigenvalue weighted by atomic mass is 9.89. The van der Waals surface area contributed by atoms with E-state index >= 15 is 0 Å². The number of carbonyl (C=O) groups excluding carboxylic acids is 1. The van der Waals surface area contributed by atoms with Gasteiger partial charge in [0, 0.05) is 20.1 Å². The van der Waals surface area contributed by atoms with E-state index < -0.39 is 0 Å². The Morgan fingerprint density at radius 1 is 1.56 bits per heavy atom. The number of hydrogen-bond donors (Lipinski definition) is 2. The van der Waals surface area contributed by atoms with Crippen LogP contribution in [0, 0.1) is 5.41 Å². The van der Waals surface area contributed by atoms with E-state index in [1.807, 2.05) is 0 Å². The van der Waals surface area contributed by atoms with Crippen LogP contribution < -0.4 is 10.6 Å². The van der Waals surface area contributed by atoms with Crippen LogP contribution in [0.2, 0.25) is 0 Å². The van der Waals surface area contributed by atoms with Gasteiger partial charge in [0.1, 0.15) is 0 Å². The Kier molecular flexibility index (Phi) is 5.22. The molecule has 1 saturated heterocycles. The molecule has 1 amide bonds. The normalized spacial score (nSPS) is 25.0. The van der Waals surface area contributed by atoms with E-state index in [4.69, 9.17) is 0 Å². The van der Waals surface area contributed by atoms with E-state index in [0.717, 1.165) is 32.6 Å².